The van der Waals surface area contributed by atoms with Crippen molar-refractivity contribution in [3.05, 3.63) is 24.5 Å². The van der Waals surface area contributed by atoms with Gasteiger partial charge in [0.25, 0.3) is 0 Å². The first-order valence-electron chi connectivity index (χ1n) is 3.45. The Hall–Kier alpha value is -0.720. The third kappa shape index (κ3) is 4.22. The molecule has 1 rings (SSSR count). The van der Waals surface area contributed by atoms with Crippen molar-refractivity contribution >= 4 is 29.9 Å². The van der Waals surface area contributed by atoms with E-state index in [1.165, 1.54) is 0 Å². The largest absolute Gasteiger partial charge is 0.370 e. The van der Waals surface area contributed by atoms with Gasteiger partial charge in [-0.25, -0.2) is 0 Å². The van der Waals surface area contributed by atoms with Crippen LogP contribution in [0.3, 0.4) is 0 Å². The van der Waals surface area contributed by atoms with E-state index in [9.17, 15) is 0 Å². The number of halogens is 1. The summed E-state index contributed by atoms with van der Waals surface area (Å²) in [6, 6.07) is 3.94. The smallest absolute Gasteiger partial charge is 0.185 e. The molecular weight excluding hydrogens is 267 g/mol. The van der Waals surface area contributed by atoms with Crippen LogP contribution in [-0.4, -0.2) is 17.1 Å². The maximum atomic E-state index is 5.15. The van der Waals surface area contributed by atoms with E-state index < -0.39 is 0 Å². The number of nitrogens with zero attached hydrogens (tertiary/aromatic N) is 2. The molecule has 0 radical (unpaired) electrons. The zero-order valence-electron chi connectivity index (χ0n) is 6.68. The van der Waals surface area contributed by atoms with Gasteiger partial charge in [-0.3, -0.25) is 4.99 Å². The Balaban J connectivity index is 0.00000121. The quantitative estimate of drug-likeness (QED) is 0.477. The average Bonchev–Trinajstić information content (AvgIpc) is 2.39. The maximum Gasteiger partial charge on any atom is 0.185 e. The van der Waals surface area contributed by atoms with Crippen LogP contribution < -0.4 is 11.5 Å². The summed E-state index contributed by atoms with van der Waals surface area (Å²) in [6.45, 7) is 1.46. The standard InChI is InChI=1S/C7H12N4.HI/c8-7(9)10-3-6-11-4-1-2-5-11;/h1-2,4-5H,3,6H2,(H4,8,9,10);1H. The zero-order chi connectivity index (χ0) is 8.10. The molecule has 1 aromatic rings. The van der Waals surface area contributed by atoms with Crippen molar-refractivity contribution in [2.75, 3.05) is 6.54 Å². The molecule has 12 heavy (non-hydrogen) atoms. The molecule has 0 saturated carbocycles. The SMILES string of the molecule is I.NC(N)=NCCn1cccc1. The van der Waals surface area contributed by atoms with Crippen LogP contribution in [0.5, 0.6) is 0 Å². The van der Waals surface area contributed by atoms with Gasteiger partial charge in [0.2, 0.25) is 0 Å². The summed E-state index contributed by atoms with van der Waals surface area (Å²) in [5, 5.41) is 0. The number of guanidine groups is 1. The first-order valence-corrected chi connectivity index (χ1v) is 3.45. The summed E-state index contributed by atoms with van der Waals surface area (Å²) in [6.07, 6.45) is 3.95. The molecule has 4 nitrogen and oxygen atoms in total. The van der Waals surface area contributed by atoms with Crippen LogP contribution >= 0.6 is 24.0 Å². The number of hydrogen-bond donors (Lipinski definition) is 2. The van der Waals surface area contributed by atoms with Gasteiger partial charge in [-0.1, -0.05) is 0 Å². The van der Waals surface area contributed by atoms with Crippen LogP contribution in [0.4, 0.5) is 0 Å². The zero-order valence-corrected chi connectivity index (χ0v) is 9.01. The fourth-order valence-electron chi connectivity index (χ4n) is 0.814. The molecule has 0 aliphatic rings. The average molecular weight is 280 g/mol. The minimum absolute atomic E-state index is 0. The lowest BCUT2D eigenvalue weighted by Gasteiger charge is -1.97. The highest BCUT2D eigenvalue weighted by atomic mass is 127. The van der Waals surface area contributed by atoms with E-state index in [0.29, 0.717) is 6.54 Å². The third-order valence-corrected chi connectivity index (χ3v) is 1.32. The molecule has 5 heteroatoms. The van der Waals surface area contributed by atoms with Crippen molar-refractivity contribution in [1.82, 2.24) is 4.57 Å². The second-order valence-corrected chi connectivity index (χ2v) is 2.23. The van der Waals surface area contributed by atoms with Crippen LogP contribution in [0, 0.1) is 0 Å². The van der Waals surface area contributed by atoms with Crippen molar-refractivity contribution in [1.29, 1.82) is 0 Å². The fraction of sp³-hybridized carbons (Fsp3) is 0.286. The van der Waals surface area contributed by atoms with E-state index in [-0.39, 0.29) is 29.9 Å². The molecule has 0 spiro atoms. The Morgan fingerprint density at radius 2 is 1.83 bits per heavy atom. The Morgan fingerprint density at radius 3 is 2.33 bits per heavy atom. The van der Waals surface area contributed by atoms with E-state index in [4.69, 9.17) is 11.5 Å². The monoisotopic (exact) mass is 280 g/mol. The van der Waals surface area contributed by atoms with Crippen LogP contribution in [0.2, 0.25) is 0 Å². The Bertz CT molecular complexity index is 226. The minimum atomic E-state index is 0. The molecule has 0 saturated heterocycles. The van der Waals surface area contributed by atoms with Gasteiger partial charge in [0.05, 0.1) is 6.54 Å². The van der Waals surface area contributed by atoms with Crippen molar-refractivity contribution in [2.24, 2.45) is 16.5 Å². The Labute approximate surface area is 88.7 Å². The highest BCUT2D eigenvalue weighted by Gasteiger charge is 1.86. The molecule has 0 aromatic carbocycles. The van der Waals surface area contributed by atoms with Crippen molar-refractivity contribution in [3.8, 4) is 0 Å². The molecule has 4 N–H and O–H groups in total. The summed E-state index contributed by atoms with van der Waals surface area (Å²) >= 11 is 0. The van der Waals surface area contributed by atoms with E-state index in [1.807, 2.05) is 29.1 Å². The molecule has 0 atom stereocenters. The van der Waals surface area contributed by atoms with Crippen molar-refractivity contribution < 1.29 is 0 Å². The lowest BCUT2D eigenvalue weighted by Crippen LogP contribution is -2.23. The Morgan fingerprint density at radius 1 is 1.25 bits per heavy atom. The summed E-state index contributed by atoms with van der Waals surface area (Å²) in [4.78, 5) is 3.85. The normalized spacial score (nSPS) is 8.67. The highest BCUT2D eigenvalue weighted by molar-refractivity contribution is 14.0. The predicted molar refractivity (Wildman–Crippen MR) is 60.5 cm³/mol. The number of aliphatic imine (C=N–C) groups is 1. The van der Waals surface area contributed by atoms with Gasteiger partial charge in [0, 0.05) is 18.9 Å². The Kier molecular flexibility index (Phi) is 5.52. The molecule has 0 aliphatic carbocycles. The van der Waals surface area contributed by atoms with Gasteiger partial charge in [-0.05, 0) is 12.1 Å². The number of rotatable bonds is 3. The minimum Gasteiger partial charge on any atom is -0.370 e. The summed E-state index contributed by atoms with van der Waals surface area (Å²) in [7, 11) is 0. The molecular formula is C7H13IN4. The second-order valence-electron chi connectivity index (χ2n) is 2.23. The van der Waals surface area contributed by atoms with Crippen molar-refractivity contribution in [3.63, 3.8) is 0 Å². The van der Waals surface area contributed by atoms with Gasteiger partial charge < -0.3 is 16.0 Å². The number of aromatic nitrogens is 1. The van der Waals surface area contributed by atoms with Crippen LogP contribution in [-0.2, 0) is 6.54 Å². The van der Waals surface area contributed by atoms with Crippen LogP contribution in [0.25, 0.3) is 0 Å². The topological polar surface area (TPSA) is 69.3 Å². The molecule has 0 unspecified atom stereocenters. The second kappa shape index (κ2) is 5.87. The van der Waals surface area contributed by atoms with Gasteiger partial charge in [-0.15, -0.1) is 24.0 Å². The summed E-state index contributed by atoms with van der Waals surface area (Å²) < 4.78 is 2.02. The van der Waals surface area contributed by atoms with E-state index in [2.05, 4.69) is 4.99 Å². The molecule has 68 valence electrons. The molecule has 1 heterocycles. The van der Waals surface area contributed by atoms with Crippen LogP contribution in [0.1, 0.15) is 0 Å². The van der Waals surface area contributed by atoms with Gasteiger partial charge in [0.15, 0.2) is 5.96 Å². The predicted octanol–water partition coefficient (Wildman–Crippen LogP) is 0.379. The fourth-order valence-corrected chi connectivity index (χ4v) is 0.814. The van der Waals surface area contributed by atoms with E-state index >= 15 is 0 Å². The van der Waals surface area contributed by atoms with Crippen LogP contribution in [0.15, 0.2) is 29.5 Å². The van der Waals surface area contributed by atoms with Gasteiger partial charge in [0.1, 0.15) is 0 Å². The maximum absolute atomic E-state index is 5.15. The molecule has 0 amide bonds. The van der Waals surface area contributed by atoms with E-state index in [0.717, 1.165) is 6.54 Å². The van der Waals surface area contributed by atoms with E-state index in [1.54, 1.807) is 0 Å². The van der Waals surface area contributed by atoms with Gasteiger partial charge in [-0.2, -0.15) is 0 Å². The van der Waals surface area contributed by atoms with Crippen molar-refractivity contribution in [2.45, 2.75) is 6.54 Å². The molecule has 0 fully saturated rings. The molecule has 0 aliphatic heterocycles. The highest BCUT2D eigenvalue weighted by Crippen LogP contribution is 1.88. The summed E-state index contributed by atoms with van der Waals surface area (Å²) in [5.74, 6) is 0.150. The third-order valence-electron chi connectivity index (χ3n) is 1.32. The first-order chi connectivity index (χ1) is 5.29. The number of nitrogens with two attached hydrogens (primary N) is 2. The van der Waals surface area contributed by atoms with Gasteiger partial charge >= 0.3 is 0 Å². The summed E-state index contributed by atoms with van der Waals surface area (Å²) in [5.41, 5.74) is 10.3. The lowest BCUT2D eigenvalue weighted by molar-refractivity contribution is 0.713. The molecule has 1 aromatic heterocycles. The molecule has 0 bridgehead atoms. The lowest BCUT2D eigenvalue weighted by atomic mass is 10.6. The number of hydrogen-bond acceptors (Lipinski definition) is 1. The first kappa shape index (κ1) is 11.3.